The maximum Gasteiger partial charge on any atom is 0.470 e. The number of hydrogen-bond acceptors (Lipinski definition) is 5. The second-order valence-corrected chi connectivity index (χ2v) is 8.40. The van der Waals surface area contributed by atoms with E-state index >= 15 is 0 Å². The van der Waals surface area contributed by atoms with Gasteiger partial charge in [-0.15, -0.1) is 0 Å². The van der Waals surface area contributed by atoms with Crippen molar-refractivity contribution in [3.05, 3.63) is 59.7 Å². The standard InChI is InChI=1S/C21H30NO6P/c1-4-21(2,22)20(28-29(23,24)25)17-9-13-19(14-10-17)27-15-5-6-16-7-11-18(26-3)12-8-16/h7-14,20H,4-6,15,22H2,1-3H3,(H2,23,24,25)/t20?,21-/m1/s1. The molecule has 0 heterocycles. The molecule has 0 amide bonds. The predicted octanol–water partition coefficient (Wildman–Crippen LogP) is 3.98. The topological polar surface area (TPSA) is 111 Å². The molecular formula is C21H30NO6P. The lowest BCUT2D eigenvalue weighted by Crippen LogP contribution is -2.42. The van der Waals surface area contributed by atoms with E-state index in [1.54, 1.807) is 38.3 Å². The van der Waals surface area contributed by atoms with Crippen LogP contribution in [-0.2, 0) is 15.5 Å². The van der Waals surface area contributed by atoms with Crippen LogP contribution in [0.2, 0.25) is 0 Å². The SMILES string of the molecule is CC[C@@](C)(N)C(OP(=O)(O)O)c1ccc(OCCCc2ccc(OC)cc2)cc1. The zero-order valence-electron chi connectivity index (χ0n) is 17.1. The minimum atomic E-state index is -4.68. The summed E-state index contributed by atoms with van der Waals surface area (Å²) in [6.45, 7) is 4.10. The Bertz CT molecular complexity index is 801. The van der Waals surface area contributed by atoms with Crippen LogP contribution in [0.25, 0.3) is 0 Å². The second kappa shape index (κ2) is 10.2. The molecule has 0 aliphatic heterocycles. The minimum absolute atomic E-state index is 0.487. The van der Waals surface area contributed by atoms with Gasteiger partial charge in [0.2, 0.25) is 0 Å². The molecule has 2 rings (SSSR count). The lowest BCUT2D eigenvalue weighted by Gasteiger charge is -2.33. The summed E-state index contributed by atoms with van der Waals surface area (Å²) >= 11 is 0. The van der Waals surface area contributed by atoms with Crippen molar-refractivity contribution in [2.24, 2.45) is 5.73 Å². The average Bonchev–Trinajstić information content (AvgIpc) is 2.70. The molecule has 0 aliphatic carbocycles. The van der Waals surface area contributed by atoms with Crippen molar-refractivity contribution >= 4 is 7.82 Å². The minimum Gasteiger partial charge on any atom is -0.497 e. The van der Waals surface area contributed by atoms with E-state index in [0.29, 0.717) is 24.3 Å². The third kappa shape index (κ3) is 7.46. The van der Waals surface area contributed by atoms with E-state index in [1.807, 2.05) is 31.2 Å². The highest BCUT2D eigenvalue weighted by atomic mass is 31.2. The smallest absolute Gasteiger partial charge is 0.470 e. The Morgan fingerprint density at radius 3 is 2.17 bits per heavy atom. The molecule has 8 heteroatoms. The number of methoxy groups -OCH3 is 1. The molecule has 4 N–H and O–H groups in total. The number of phosphoric ester groups is 1. The summed E-state index contributed by atoms with van der Waals surface area (Å²) in [7, 11) is -3.04. The van der Waals surface area contributed by atoms with E-state index in [4.69, 9.17) is 19.7 Å². The van der Waals surface area contributed by atoms with Crippen LogP contribution in [0.4, 0.5) is 0 Å². The van der Waals surface area contributed by atoms with Crippen molar-refractivity contribution in [3.8, 4) is 11.5 Å². The summed E-state index contributed by atoms with van der Waals surface area (Å²) in [6.07, 6.45) is 1.30. The summed E-state index contributed by atoms with van der Waals surface area (Å²) in [6, 6.07) is 14.9. The maximum absolute atomic E-state index is 11.4. The lowest BCUT2D eigenvalue weighted by molar-refractivity contribution is 0.0752. The van der Waals surface area contributed by atoms with Crippen LogP contribution in [0.5, 0.6) is 11.5 Å². The molecule has 29 heavy (non-hydrogen) atoms. The molecule has 0 bridgehead atoms. The summed E-state index contributed by atoms with van der Waals surface area (Å²) < 4.78 is 27.3. The van der Waals surface area contributed by atoms with Crippen LogP contribution < -0.4 is 15.2 Å². The Hall–Kier alpha value is -1.89. The number of aryl methyl sites for hydroxylation is 1. The Balaban J connectivity index is 1.92. The van der Waals surface area contributed by atoms with Gasteiger partial charge in [-0.1, -0.05) is 31.2 Å². The highest BCUT2D eigenvalue weighted by Crippen LogP contribution is 2.46. The zero-order chi connectivity index (χ0) is 21.5. The van der Waals surface area contributed by atoms with Crippen molar-refractivity contribution in [1.29, 1.82) is 0 Å². The van der Waals surface area contributed by atoms with Gasteiger partial charge < -0.3 is 25.0 Å². The average molecular weight is 423 g/mol. The molecule has 0 spiro atoms. The first-order chi connectivity index (χ1) is 13.6. The second-order valence-electron chi connectivity index (χ2n) is 7.20. The molecule has 160 valence electrons. The van der Waals surface area contributed by atoms with Crippen LogP contribution in [0.3, 0.4) is 0 Å². The summed E-state index contributed by atoms with van der Waals surface area (Å²) in [4.78, 5) is 18.5. The van der Waals surface area contributed by atoms with Gasteiger partial charge in [-0.2, -0.15) is 0 Å². The van der Waals surface area contributed by atoms with E-state index in [1.165, 1.54) is 5.56 Å². The first-order valence-corrected chi connectivity index (χ1v) is 11.1. The number of hydrogen-bond donors (Lipinski definition) is 3. The first kappa shape index (κ1) is 23.4. The van der Waals surface area contributed by atoms with E-state index < -0.39 is 19.5 Å². The van der Waals surface area contributed by atoms with Gasteiger partial charge in [0.05, 0.1) is 13.7 Å². The fourth-order valence-electron chi connectivity index (χ4n) is 2.88. The van der Waals surface area contributed by atoms with E-state index in [-0.39, 0.29) is 0 Å². The van der Waals surface area contributed by atoms with Crippen LogP contribution in [0.15, 0.2) is 48.5 Å². The Kier molecular flexibility index (Phi) is 8.25. The molecule has 0 saturated carbocycles. The summed E-state index contributed by atoms with van der Waals surface area (Å²) in [5.41, 5.74) is 7.07. The van der Waals surface area contributed by atoms with Gasteiger partial charge in [0, 0.05) is 5.54 Å². The van der Waals surface area contributed by atoms with Gasteiger partial charge in [0.25, 0.3) is 0 Å². The molecule has 0 saturated heterocycles. The summed E-state index contributed by atoms with van der Waals surface area (Å²) in [5, 5.41) is 0. The van der Waals surface area contributed by atoms with Crippen LogP contribution in [-0.4, -0.2) is 29.0 Å². The van der Waals surface area contributed by atoms with Gasteiger partial charge in [-0.25, -0.2) is 4.57 Å². The predicted molar refractivity (Wildman–Crippen MR) is 112 cm³/mol. The Labute approximate surface area is 172 Å². The van der Waals surface area contributed by atoms with Crippen molar-refractivity contribution < 1.29 is 28.3 Å². The van der Waals surface area contributed by atoms with E-state index in [2.05, 4.69) is 0 Å². The normalized spacial score (nSPS) is 14.8. The first-order valence-electron chi connectivity index (χ1n) is 9.53. The zero-order valence-corrected chi connectivity index (χ0v) is 18.0. The lowest BCUT2D eigenvalue weighted by atomic mass is 9.88. The van der Waals surface area contributed by atoms with Crippen LogP contribution in [0.1, 0.15) is 43.9 Å². The third-order valence-corrected chi connectivity index (χ3v) is 5.31. The van der Waals surface area contributed by atoms with Gasteiger partial charge in [-0.05, 0) is 61.6 Å². The number of benzene rings is 2. The molecule has 7 nitrogen and oxygen atoms in total. The molecule has 2 aromatic rings. The molecule has 2 aromatic carbocycles. The van der Waals surface area contributed by atoms with E-state index in [0.717, 1.165) is 18.6 Å². The van der Waals surface area contributed by atoms with E-state index in [9.17, 15) is 14.4 Å². The van der Waals surface area contributed by atoms with Gasteiger partial charge in [0.1, 0.15) is 17.6 Å². The number of ether oxygens (including phenoxy) is 2. The molecular weight excluding hydrogens is 393 g/mol. The summed E-state index contributed by atoms with van der Waals surface area (Å²) in [5.74, 6) is 1.51. The quantitative estimate of drug-likeness (QED) is 0.370. The van der Waals surface area contributed by atoms with Crippen molar-refractivity contribution in [1.82, 2.24) is 0 Å². The number of phosphoric acid groups is 1. The van der Waals surface area contributed by atoms with Crippen molar-refractivity contribution in [3.63, 3.8) is 0 Å². The van der Waals surface area contributed by atoms with Gasteiger partial charge in [0.15, 0.2) is 0 Å². The number of rotatable bonds is 11. The van der Waals surface area contributed by atoms with Crippen LogP contribution >= 0.6 is 7.82 Å². The Morgan fingerprint density at radius 1 is 1.07 bits per heavy atom. The Morgan fingerprint density at radius 2 is 1.66 bits per heavy atom. The molecule has 0 radical (unpaired) electrons. The monoisotopic (exact) mass is 423 g/mol. The highest BCUT2D eigenvalue weighted by molar-refractivity contribution is 7.46. The number of nitrogens with two attached hydrogens (primary N) is 1. The van der Waals surface area contributed by atoms with Crippen molar-refractivity contribution in [2.75, 3.05) is 13.7 Å². The molecule has 0 aromatic heterocycles. The molecule has 0 aliphatic rings. The van der Waals surface area contributed by atoms with Gasteiger partial charge in [-0.3, -0.25) is 4.52 Å². The molecule has 0 fully saturated rings. The molecule has 2 atom stereocenters. The molecule has 1 unspecified atom stereocenters. The highest BCUT2D eigenvalue weighted by Gasteiger charge is 2.36. The maximum atomic E-state index is 11.4. The van der Waals surface area contributed by atoms with Gasteiger partial charge >= 0.3 is 7.82 Å². The largest absolute Gasteiger partial charge is 0.497 e. The third-order valence-electron chi connectivity index (χ3n) is 4.82. The fourth-order valence-corrected chi connectivity index (χ4v) is 3.52. The van der Waals surface area contributed by atoms with Crippen LogP contribution in [0, 0.1) is 0 Å². The van der Waals surface area contributed by atoms with Crippen molar-refractivity contribution in [2.45, 2.75) is 44.8 Å². The fraction of sp³-hybridized carbons (Fsp3) is 0.429.